The van der Waals surface area contributed by atoms with Gasteiger partial charge in [-0.05, 0) is 44.2 Å². The van der Waals surface area contributed by atoms with Crippen molar-refractivity contribution in [2.75, 3.05) is 12.4 Å². The first-order valence-electron chi connectivity index (χ1n) is 8.43. The molecule has 28 heavy (non-hydrogen) atoms. The molecule has 0 aliphatic carbocycles. The quantitative estimate of drug-likeness (QED) is 0.611. The number of ether oxygens (including phenoxy) is 1. The molecule has 0 saturated heterocycles. The number of aromatic nitrogens is 2. The molecule has 8 heteroatoms. The van der Waals surface area contributed by atoms with Crippen molar-refractivity contribution in [2.45, 2.75) is 20.4 Å². The Morgan fingerprint density at radius 3 is 2.68 bits per heavy atom. The largest absolute Gasteiger partial charge is 0.496 e. The number of benzene rings is 2. The molecule has 0 aliphatic rings. The highest BCUT2D eigenvalue weighted by atomic mass is 35.5. The molecular formula is C20H18Cl2FN3O2. The summed E-state index contributed by atoms with van der Waals surface area (Å²) >= 11 is 12.1. The summed E-state index contributed by atoms with van der Waals surface area (Å²) in [5.41, 5.74) is 2.45. The molecule has 0 saturated carbocycles. The summed E-state index contributed by atoms with van der Waals surface area (Å²) in [4.78, 5) is 12.8. The van der Waals surface area contributed by atoms with Crippen LogP contribution in [0.5, 0.6) is 5.75 Å². The number of carbonyl (C=O) groups excluding carboxylic acids is 1. The predicted octanol–water partition coefficient (Wildman–Crippen LogP) is 5.26. The van der Waals surface area contributed by atoms with Crippen molar-refractivity contribution in [3.8, 4) is 5.75 Å². The highest BCUT2D eigenvalue weighted by Gasteiger charge is 2.19. The average Bonchev–Trinajstić information content (AvgIpc) is 2.92. The number of methoxy groups -OCH3 is 1. The molecule has 1 N–H and O–H groups in total. The predicted molar refractivity (Wildman–Crippen MR) is 108 cm³/mol. The summed E-state index contributed by atoms with van der Waals surface area (Å²) in [6.45, 7) is 3.70. The van der Waals surface area contributed by atoms with Gasteiger partial charge in [0.2, 0.25) is 0 Å². The van der Waals surface area contributed by atoms with Crippen LogP contribution in [0.2, 0.25) is 10.0 Å². The van der Waals surface area contributed by atoms with Crippen LogP contribution in [-0.4, -0.2) is 22.8 Å². The first-order valence-corrected chi connectivity index (χ1v) is 9.19. The van der Waals surface area contributed by atoms with Crippen LogP contribution in [0, 0.1) is 19.7 Å². The van der Waals surface area contributed by atoms with Gasteiger partial charge in [-0.3, -0.25) is 9.48 Å². The lowest BCUT2D eigenvalue weighted by atomic mass is 10.1. The van der Waals surface area contributed by atoms with Gasteiger partial charge in [0.25, 0.3) is 5.91 Å². The molecule has 1 amide bonds. The molecular weight excluding hydrogens is 404 g/mol. The van der Waals surface area contributed by atoms with E-state index in [2.05, 4.69) is 10.4 Å². The van der Waals surface area contributed by atoms with Crippen molar-refractivity contribution in [2.24, 2.45) is 0 Å². The maximum absolute atomic E-state index is 14.1. The molecule has 0 spiro atoms. The lowest BCUT2D eigenvalue weighted by Crippen LogP contribution is -2.14. The fourth-order valence-electron chi connectivity index (χ4n) is 2.90. The van der Waals surface area contributed by atoms with Gasteiger partial charge in [0.1, 0.15) is 11.6 Å². The highest BCUT2D eigenvalue weighted by Crippen LogP contribution is 2.27. The molecule has 1 heterocycles. The molecule has 146 valence electrons. The number of nitrogens with one attached hydrogen (secondary N) is 1. The van der Waals surface area contributed by atoms with Crippen LogP contribution in [0.3, 0.4) is 0 Å². The van der Waals surface area contributed by atoms with Crippen molar-refractivity contribution < 1.29 is 13.9 Å². The van der Waals surface area contributed by atoms with Crippen molar-refractivity contribution in [1.29, 1.82) is 0 Å². The minimum Gasteiger partial charge on any atom is -0.496 e. The minimum atomic E-state index is -0.408. The van der Waals surface area contributed by atoms with Crippen molar-refractivity contribution in [3.05, 3.63) is 74.8 Å². The zero-order chi connectivity index (χ0) is 20.4. The number of nitrogens with zero attached hydrogens (tertiary/aromatic N) is 2. The number of rotatable bonds is 5. The summed E-state index contributed by atoms with van der Waals surface area (Å²) in [7, 11) is 1.48. The Morgan fingerprint density at radius 1 is 1.25 bits per heavy atom. The van der Waals surface area contributed by atoms with E-state index in [4.69, 9.17) is 27.9 Å². The van der Waals surface area contributed by atoms with Crippen LogP contribution in [0.1, 0.15) is 27.3 Å². The van der Waals surface area contributed by atoms with Crippen LogP contribution >= 0.6 is 23.2 Å². The van der Waals surface area contributed by atoms with Gasteiger partial charge in [-0.15, -0.1) is 0 Å². The molecule has 2 aromatic carbocycles. The molecule has 1 aromatic heterocycles. The zero-order valence-corrected chi connectivity index (χ0v) is 17.0. The number of carbonyl (C=O) groups is 1. The fraction of sp³-hybridized carbons (Fsp3) is 0.200. The Balaban J connectivity index is 1.91. The Bertz CT molecular complexity index is 1030. The van der Waals surface area contributed by atoms with Crippen LogP contribution < -0.4 is 10.1 Å². The first kappa shape index (κ1) is 20.2. The Morgan fingerprint density at radius 2 is 2.00 bits per heavy atom. The number of halogens is 3. The molecule has 0 fully saturated rings. The lowest BCUT2D eigenvalue weighted by Gasteiger charge is -2.11. The molecule has 0 bridgehead atoms. The molecule has 0 radical (unpaired) electrons. The maximum Gasteiger partial charge on any atom is 0.259 e. The Kier molecular flexibility index (Phi) is 5.91. The lowest BCUT2D eigenvalue weighted by molar-refractivity contribution is 0.102. The van der Waals surface area contributed by atoms with E-state index in [9.17, 15) is 9.18 Å². The van der Waals surface area contributed by atoms with Crippen molar-refractivity contribution >= 4 is 34.8 Å². The van der Waals surface area contributed by atoms with E-state index < -0.39 is 5.82 Å². The van der Waals surface area contributed by atoms with E-state index in [1.165, 1.54) is 19.2 Å². The van der Waals surface area contributed by atoms with Gasteiger partial charge in [-0.1, -0.05) is 29.3 Å². The third-order valence-electron chi connectivity index (χ3n) is 4.40. The first-order chi connectivity index (χ1) is 13.3. The number of amides is 1. The SMILES string of the molecule is COc1ccc(Cl)cc1C(=O)Nc1c(C)nn(Cc2c(F)cccc2Cl)c1C. The van der Waals surface area contributed by atoms with Gasteiger partial charge in [-0.2, -0.15) is 5.10 Å². The number of aryl methyl sites for hydroxylation is 1. The van der Waals surface area contributed by atoms with Crippen LogP contribution in [0.15, 0.2) is 36.4 Å². The molecule has 0 atom stereocenters. The van der Waals surface area contributed by atoms with Gasteiger partial charge in [0, 0.05) is 15.6 Å². The van der Waals surface area contributed by atoms with Gasteiger partial charge in [0.15, 0.2) is 0 Å². The second kappa shape index (κ2) is 8.20. The third-order valence-corrected chi connectivity index (χ3v) is 4.98. The van der Waals surface area contributed by atoms with Gasteiger partial charge in [0.05, 0.1) is 36.3 Å². The average molecular weight is 422 g/mol. The van der Waals surface area contributed by atoms with E-state index in [0.717, 1.165) is 0 Å². The number of hydrogen-bond donors (Lipinski definition) is 1. The smallest absolute Gasteiger partial charge is 0.259 e. The van der Waals surface area contributed by atoms with Crippen LogP contribution in [0.4, 0.5) is 10.1 Å². The number of hydrogen-bond acceptors (Lipinski definition) is 3. The second-order valence-corrected chi connectivity index (χ2v) is 7.05. The van der Waals surface area contributed by atoms with Crippen LogP contribution in [0.25, 0.3) is 0 Å². The standard InChI is InChI=1S/C20H18Cl2FN3O2/c1-11-19(24-20(27)14-9-13(21)7-8-18(14)28-3)12(2)26(25-11)10-15-16(22)5-4-6-17(15)23/h4-9H,10H2,1-3H3,(H,24,27). The normalized spacial score (nSPS) is 10.8. The topological polar surface area (TPSA) is 56.1 Å². The van der Waals surface area contributed by atoms with E-state index in [1.54, 1.807) is 42.8 Å². The third kappa shape index (κ3) is 3.98. The summed E-state index contributed by atoms with van der Waals surface area (Å²) in [6.07, 6.45) is 0. The molecule has 3 rings (SSSR count). The Labute approximate surface area is 172 Å². The van der Waals surface area contributed by atoms with Gasteiger partial charge >= 0.3 is 0 Å². The van der Waals surface area contributed by atoms with Gasteiger partial charge in [-0.25, -0.2) is 4.39 Å². The van der Waals surface area contributed by atoms with Crippen LogP contribution in [-0.2, 0) is 6.54 Å². The van der Waals surface area contributed by atoms with E-state index >= 15 is 0 Å². The van der Waals surface area contributed by atoms with Crippen molar-refractivity contribution in [1.82, 2.24) is 9.78 Å². The highest BCUT2D eigenvalue weighted by molar-refractivity contribution is 6.31. The zero-order valence-electron chi connectivity index (χ0n) is 15.5. The van der Waals surface area contributed by atoms with E-state index in [-0.39, 0.29) is 12.5 Å². The molecule has 0 unspecified atom stereocenters. The van der Waals surface area contributed by atoms with Gasteiger partial charge < -0.3 is 10.1 Å². The molecule has 0 aliphatic heterocycles. The fourth-order valence-corrected chi connectivity index (χ4v) is 3.30. The van der Waals surface area contributed by atoms with Crippen molar-refractivity contribution in [3.63, 3.8) is 0 Å². The maximum atomic E-state index is 14.1. The van der Waals surface area contributed by atoms with E-state index in [1.807, 2.05) is 0 Å². The summed E-state index contributed by atoms with van der Waals surface area (Å²) in [5, 5.41) is 8.00. The summed E-state index contributed by atoms with van der Waals surface area (Å²) in [5.74, 6) is -0.383. The molecule has 5 nitrogen and oxygen atoms in total. The molecule has 3 aromatic rings. The van der Waals surface area contributed by atoms with E-state index in [0.29, 0.717) is 44.0 Å². The minimum absolute atomic E-state index is 0.147. The summed E-state index contributed by atoms with van der Waals surface area (Å²) < 4.78 is 20.9. The summed E-state index contributed by atoms with van der Waals surface area (Å²) in [6, 6.07) is 9.32. The Hall–Kier alpha value is -2.57. The second-order valence-electron chi connectivity index (χ2n) is 6.20. The number of anilines is 1. The monoisotopic (exact) mass is 421 g/mol.